The molecule has 5 heteroatoms. The summed E-state index contributed by atoms with van der Waals surface area (Å²) in [5, 5.41) is 12.8. The van der Waals surface area contributed by atoms with Crippen molar-refractivity contribution >= 4 is 5.97 Å². The van der Waals surface area contributed by atoms with Crippen LogP contribution in [0.25, 0.3) is 0 Å². The van der Waals surface area contributed by atoms with Gasteiger partial charge in [0.25, 0.3) is 5.88 Å². The monoisotopic (exact) mass is 241 g/mol. The Morgan fingerprint density at radius 1 is 1.59 bits per heavy atom. The molecular formula is C12H19NO4. The molecule has 0 amide bonds. The highest BCUT2D eigenvalue weighted by Gasteiger charge is 2.28. The van der Waals surface area contributed by atoms with E-state index in [0.29, 0.717) is 18.2 Å². The van der Waals surface area contributed by atoms with Gasteiger partial charge in [-0.15, -0.1) is 0 Å². The highest BCUT2D eigenvalue weighted by Crippen LogP contribution is 2.27. The van der Waals surface area contributed by atoms with E-state index in [2.05, 4.69) is 12.1 Å². The minimum atomic E-state index is -0.906. The largest absolute Gasteiger partial charge is 0.481 e. The Bertz CT molecular complexity index is 359. The van der Waals surface area contributed by atoms with E-state index in [1.807, 2.05) is 13.8 Å². The van der Waals surface area contributed by atoms with Crippen LogP contribution < -0.4 is 4.74 Å². The molecule has 1 rings (SSSR count). The smallest absolute Gasteiger partial charge is 0.314 e. The molecule has 0 aliphatic rings. The Morgan fingerprint density at radius 2 is 2.29 bits per heavy atom. The average molecular weight is 241 g/mol. The number of aliphatic carboxylic acids is 1. The van der Waals surface area contributed by atoms with Gasteiger partial charge in [0.15, 0.2) is 5.76 Å². The number of rotatable bonds is 7. The molecule has 0 aliphatic heterocycles. The van der Waals surface area contributed by atoms with E-state index in [1.165, 1.54) is 0 Å². The molecule has 1 unspecified atom stereocenters. The fraction of sp³-hybridized carbons (Fsp3) is 0.667. The lowest BCUT2D eigenvalue weighted by atomic mass is 9.94. The SMILES string of the molecule is CCCCOc1cc(C(C(=O)O)C(C)C)on1. The van der Waals surface area contributed by atoms with Gasteiger partial charge in [-0.1, -0.05) is 27.2 Å². The van der Waals surface area contributed by atoms with Crippen molar-refractivity contribution in [3.8, 4) is 5.88 Å². The van der Waals surface area contributed by atoms with Crippen molar-refractivity contribution in [1.82, 2.24) is 5.16 Å². The molecule has 0 aromatic carbocycles. The normalized spacial score (nSPS) is 12.7. The standard InChI is InChI=1S/C12H19NO4/c1-4-5-6-16-10-7-9(17-13-10)11(8(2)3)12(14)15/h7-8,11H,4-6H2,1-3H3,(H,14,15). The lowest BCUT2D eigenvalue weighted by molar-refractivity contribution is -0.140. The van der Waals surface area contributed by atoms with Crippen LogP contribution in [0.2, 0.25) is 0 Å². The second kappa shape index (κ2) is 6.27. The number of hydrogen-bond donors (Lipinski definition) is 1. The maximum atomic E-state index is 11.1. The Labute approximate surface area is 101 Å². The average Bonchev–Trinajstić information content (AvgIpc) is 2.65. The Kier molecular flexibility index (Phi) is 5.00. The van der Waals surface area contributed by atoms with Crippen LogP contribution in [0.5, 0.6) is 5.88 Å². The second-order valence-corrected chi connectivity index (χ2v) is 4.33. The molecule has 0 saturated carbocycles. The molecule has 1 heterocycles. The summed E-state index contributed by atoms with van der Waals surface area (Å²) in [5.74, 6) is -0.925. The quantitative estimate of drug-likeness (QED) is 0.743. The molecule has 1 atom stereocenters. The molecule has 96 valence electrons. The molecule has 0 fully saturated rings. The summed E-state index contributed by atoms with van der Waals surface area (Å²) in [7, 11) is 0. The van der Waals surface area contributed by atoms with Gasteiger partial charge in [0.05, 0.1) is 6.61 Å². The number of unbranched alkanes of at least 4 members (excludes halogenated alkanes) is 1. The van der Waals surface area contributed by atoms with Crippen LogP contribution in [-0.2, 0) is 4.79 Å². The van der Waals surface area contributed by atoms with Crippen molar-refractivity contribution in [2.24, 2.45) is 5.92 Å². The summed E-state index contributed by atoms with van der Waals surface area (Å²) < 4.78 is 10.4. The fourth-order valence-electron chi connectivity index (χ4n) is 1.54. The molecule has 0 spiro atoms. The first-order chi connectivity index (χ1) is 8.06. The van der Waals surface area contributed by atoms with E-state index in [1.54, 1.807) is 6.07 Å². The molecule has 5 nitrogen and oxygen atoms in total. The summed E-state index contributed by atoms with van der Waals surface area (Å²) in [6, 6.07) is 1.56. The van der Waals surface area contributed by atoms with E-state index in [4.69, 9.17) is 14.4 Å². The molecule has 1 aromatic heterocycles. The van der Waals surface area contributed by atoms with Gasteiger partial charge in [-0.3, -0.25) is 4.79 Å². The molecule has 0 saturated heterocycles. The molecule has 0 radical (unpaired) electrons. The summed E-state index contributed by atoms with van der Waals surface area (Å²) in [6.07, 6.45) is 1.98. The lowest BCUT2D eigenvalue weighted by Crippen LogP contribution is -2.16. The lowest BCUT2D eigenvalue weighted by Gasteiger charge is -2.11. The van der Waals surface area contributed by atoms with E-state index >= 15 is 0 Å². The van der Waals surface area contributed by atoms with Crippen LogP contribution in [0.3, 0.4) is 0 Å². The van der Waals surface area contributed by atoms with Gasteiger partial charge in [-0.25, -0.2) is 0 Å². The number of ether oxygens (including phenoxy) is 1. The second-order valence-electron chi connectivity index (χ2n) is 4.33. The zero-order valence-corrected chi connectivity index (χ0v) is 10.5. The summed E-state index contributed by atoms with van der Waals surface area (Å²) in [6.45, 7) is 6.30. The zero-order valence-electron chi connectivity index (χ0n) is 10.5. The minimum Gasteiger partial charge on any atom is -0.481 e. The van der Waals surface area contributed by atoms with Gasteiger partial charge in [0, 0.05) is 6.07 Å². The van der Waals surface area contributed by atoms with Crippen LogP contribution in [0.1, 0.15) is 45.3 Å². The van der Waals surface area contributed by atoms with Crippen molar-refractivity contribution < 1.29 is 19.2 Å². The Morgan fingerprint density at radius 3 is 2.82 bits per heavy atom. The highest BCUT2D eigenvalue weighted by molar-refractivity contribution is 5.75. The van der Waals surface area contributed by atoms with Crippen LogP contribution >= 0.6 is 0 Å². The van der Waals surface area contributed by atoms with Gasteiger partial charge in [0.1, 0.15) is 5.92 Å². The van der Waals surface area contributed by atoms with Crippen LogP contribution in [0.4, 0.5) is 0 Å². The van der Waals surface area contributed by atoms with Crippen LogP contribution in [0, 0.1) is 5.92 Å². The first-order valence-corrected chi connectivity index (χ1v) is 5.88. The van der Waals surface area contributed by atoms with Gasteiger partial charge in [-0.05, 0) is 17.5 Å². The maximum Gasteiger partial charge on any atom is 0.314 e. The first-order valence-electron chi connectivity index (χ1n) is 5.88. The number of hydrogen-bond acceptors (Lipinski definition) is 4. The highest BCUT2D eigenvalue weighted by atomic mass is 16.5. The molecule has 1 N–H and O–H groups in total. The third-order valence-electron chi connectivity index (χ3n) is 2.49. The maximum absolute atomic E-state index is 11.1. The molecule has 0 bridgehead atoms. The van der Waals surface area contributed by atoms with Crippen LogP contribution in [-0.4, -0.2) is 22.8 Å². The van der Waals surface area contributed by atoms with Gasteiger partial charge >= 0.3 is 5.97 Å². The van der Waals surface area contributed by atoms with E-state index < -0.39 is 11.9 Å². The number of nitrogens with zero attached hydrogens (tertiary/aromatic N) is 1. The predicted molar refractivity (Wildman–Crippen MR) is 62.1 cm³/mol. The third kappa shape index (κ3) is 3.76. The molecule has 1 aromatic rings. The van der Waals surface area contributed by atoms with Gasteiger partial charge < -0.3 is 14.4 Å². The van der Waals surface area contributed by atoms with Gasteiger partial charge in [-0.2, -0.15) is 0 Å². The van der Waals surface area contributed by atoms with E-state index in [9.17, 15) is 4.79 Å². The van der Waals surface area contributed by atoms with Crippen molar-refractivity contribution in [2.45, 2.75) is 39.5 Å². The number of carbonyl (C=O) groups is 1. The van der Waals surface area contributed by atoms with Gasteiger partial charge in [0.2, 0.25) is 0 Å². The zero-order chi connectivity index (χ0) is 12.8. The Hall–Kier alpha value is -1.52. The molecule has 17 heavy (non-hydrogen) atoms. The van der Waals surface area contributed by atoms with E-state index in [-0.39, 0.29) is 5.92 Å². The Balaban J connectivity index is 2.68. The number of carboxylic acid groups (broad SMARTS) is 1. The number of carboxylic acids is 1. The fourth-order valence-corrected chi connectivity index (χ4v) is 1.54. The number of aromatic nitrogens is 1. The summed E-state index contributed by atoms with van der Waals surface area (Å²) in [5.41, 5.74) is 0. The summed E-state index contributed by atoms with van der Waals surface area (Å²) >= 11 is 0. The van der Waals surface area contributed by atoms with Crippen molar-refractivity contribution in [3.05, 3.63) is 11.8 Å². The van der Waals surface area contributed by atoms with Crippen molar-refractivity contribution in [3.63, 3.8) is 0 Å². The van der Waals surface area contributed by atoms with E-state index in [0.717, 1.165) is 12.8 Å². The molecular weight excluding hydrogens is 222 g/mol. The third-order valence-corrected chi connectivity index (χ3v) is 2.49. The topological polar surface area (TPSA) is 72.6 Å². The first kappa shape index (κ1) is 13.5. The van der Waals surface area contributed by atoms with Crippen LogP contribution in [0.15, 0.2) is 10.6 Å². The van der Waals surface area contributed by atoms with Crippen molar-refractivity contribution in [1.29, 1.82) is 0 Å². The van der Waals surface area contributed by atoms with Crippen molar-refractivity contribution in [2.75, 3.05) is 6.61 Å². The predicted octanol–water partition coefficient (Wildman–Crippen LogP) is 2.68. The molecule has 0 aliphatic carbocycles. The summed E-state index contributed by atoms with van der Waals surface area (Å²) in [4.78, 5) is 11.1. The minimum absolute atomic E-state index is 0.0519.